The molecule has 5 aromatic rings. The van der Waals surface area contributed by atoms with Crippen LogP contribution in [0.4, 0.5) is 11.5 Å². The quantitative estimate of drug-likeness (QED) is 0.456. The van der Waals surface area contributed by atoms with E-state index in [1.807, 2.05) is 18.3 Å². The summed E-state index contributed by atoms with van der Waals surface area (Å²) in [5, 5.41) is 6.94. The normalized spacial score (nSPS) is 11.1. The van der Waals surface area contributed by atoms with Crippen LogP contribution in [-0.4, -0.2) is 15.0 Å². The van der Waals surface area contributed by atoms with E-state index in [0.717, 1.165) is 28.3 Å². The summed E-state index contributed by atoms with van der Waals surface area (Å²) in [6.07, 6.45) is 3.55. The fraction of sp³-hybridized carbons (Fsp3) is 0. The van der Waals surface area contributed by atoms with Gasteiger partial charge in [0.1, 0.15) is 12.1 Å². The SMILES string of the molecule is c1ccc2c(-c3cc(Nc4ccc5[nH]ccc5c4)ncn3)cccc2c1. The zero-order chi connectivity index (χ0) is 17.3. The molecule has 0 aliphatic heterocycles. The van der Waals surface area contributed by atoms with Gasteiger partial charge in [0.2, 0.25) is 0 Å². The second-order valence-corrected chi connectivity index (χ2v) is 6.22. The lowest BCUT2D eigenvalue weighted by molar-refractivity contribution is 1.17. The van der Waals surface area contributed by atoms with Crippen LogP contribution in [-0.2, 0) is 0 Å². The Morgan fingerprint density at radius 3 is 2.69 bits per heavy atom. The molecule has 124 valence electrons. The number of hydrogen-bond donors (Lipinski definition) is 2. The molecule has 0 radical (unpaired) electrons. The van der Waals surface area contributed by atoms with Crippen LogP contribution in [0.1, 0.15) is 0 Å². The molecule has 4 heteroatoms. The standard InChI is InChI=1S/C22H16N4/c1-2-6-18-15(4-1)5-3-7-19(18)21-13-22(25-14-24-21)26-17-8-9-20-16(12-17)10-11-23-20/h1-14,23H,(H,24,25,26). The van der Waals surface area contributed by atoms with Gasteiger partial charge in [0.15, 0.2) is 0 Å². The molecule has 0 bridgehead atoms. The van der Waals surface area contributed by atoms with E-state index >= 15 is 0 Å². The van der Waals surface area contributed by atoms with Crippen molar-refractivity contribution in [3.8, 4) is 11.3 Å². The first kappa shape index (κ1) is 14.7. The van der Waals surface area contributed by atoms with Crippen LogP contribution in [0, 0.1) is 0 Å². The highest BCUT2D eigenvalue weighted by molar-refractivity contribution is 5.96. The van der Waals surface area contributed by atoms with E-state index < -0.39 is 0 Å². The van der Waals surface area contributed by atoms with Crippen LogP contribution in [0.15, 0.2) is 85.3 Å². The number of benzene rings is 3. The average molecular weight is 336 g/mol. The first-order valence-electron chi connectivity index (χ1n) is 8.51. The Kier molecular flexibility index (Phi) is 3.39. The Hall–Kier alpha value is -3.66. The molecule has 2 heterocycles. The molecule has 0 saturated heterocycles. The maximum atomic E-state index is 4.49. The van der Waals surface area contributed by atoms with Crippen LogP contribution in [0.2, 0.25) is 0 Å². The van der Waals surface area contributed by atoms with Gasteiger partial charge in [0.05, 0.1) is 5.69 Å². The lowest BCUT2D eigenvalue weighted by atomic mass is 10.0. The Labute approximate surface area is 150 Å². The van der Waals surface area contributed by atoms with Gasteiger partial charge in [-0.05, 0) is 35.0 Å². The fourth-order valence-electron chi connectivity index (χ4n) is 3.30. The zero-order valence-corrected chi connectivity index (χ0v) is 14.0. The third-order valence-electron chi connectivity index (χ3n) is 4.56. The monoisotopic (exact) mass is 336 g/mol. The van der Waals surface area contributed by atoms with Crippen LogP contribution >= 0.6 is 0 Å². The minimum atomic E-state index is 0.776. The summed E-state index contributed by atoms with van der Waals surface area (Å²) in [5.41, 5.74) is 4.13. The molecule has 5 rings (SSSR count). The van der Waals surface area contributed by atoms with Crippen molar-refractivity contribution < 1.29 is 0 Å². The Morgan fingerprint density at radius 1 is 0.769 bits per heavy atom. The summed E-state index contributed by atoms with van der Waals surface area (Å²) in [6.45, 7) is 0. The summed E-state index contributed by atoms with van der Waals surface area (Å²) in [7, 11) is 0. The topological polar surface area (TPSA) is 53.6 Å². The maximum absolute atomic E-state index is 4.49. The van der Waals surface area contributed by atoms with E-state index in [4.69, 9.17) is 0 Å². The van der Waals surface area contributed by atoms with Crippen molar-refractivity contribution in [2.45, 2.75) is 0 Å². The van der Waals surface area contributed by atoms with Gasteiger partial charge in [-0.3, -0.25) is 0 Å². The van der Waals surface area contributed by atoms with Crippen molar-refractivity contribution in [3.05, 3.63) is 85.3 Å². The number of H-pyrrole nitrogens is 1. The van der Waals surface area contributed by atoms with Gasteiger partial charge >= 0.3 is 0 Å². The van der Waals surface area contributed by atoms with Crippen molar-refractivity contribution in [1.82, 2.24) is 15.0 Å². The summed E-state index contributed by atoms with van der Waals surface area (Å²) < 4.78 is 0. The second-order valence-electron chi connectivity index (χ2n) is 6.22. The lowest BCUT2D eigenvalue weighted by Gasteiger charge is -2.09. The van der Waals surface area contributed by atoms with Crippen molar-refractivity contribution in [1.29, 1.82) is 0 Å². The van der Waals surface area contributed by atoms with Crippen LogP contribution < -0.4 is 5.32 Å². The van der Waals surface area contributed by atoms with E-state index in [0.29, 0.717) is 0 Å². The second kappa shape index (κ2) is 6.01. The van der Waals surface area contributed by atoms with Gasteiger partial charge in [-0.1, -0.05) is 42.5 Å². The van der Waals surface area contributed by atoms with Gasteiger partial charge in [-0.25, -0.2) is 9.97 Å². The van der Waals surface area contributed by atoms with E-state index in [1.54, 1.807) is 6.33 Å². The molecule has 3 aromatic carbocycles. The molecule has 0 atom stereocenters. The number of rotatable bonds is 3. The van der Waals surface area contributed by atoms with Crippen LogP contribution in [0.3, 0.4) is 0 Å². The molecule has 26 heavy (non-hydrogen) atoms. The molecule has 0 spiro atoms. The molecule has 0 unspecified atom stereocenters. The van der Waals surface area contributed by atoms with Crippen LogP contribution in [0.5, 0.6) is 0 Å². The minimum absolute atomic E-state index is 0.776. The number of aromatic amines is 1. The highest BCUT2D eigenvalue weighted by Gasteiger charge is 2.07. The number of nitrogens with zero attached hydrogens (tertiary/aromatic N) is 2. The molecule has 4 nitrogen and oxygen atoms in total. The number of nitrogens with one attached hydrogen (secondary N) is 2. The first-order valence-corrected chi connectivity index (χ1v) is 8.51. The molecule has 2 N–H and O–H groups in total. The zero-order valence-electron chi connectivity index (χ0n) is 14.0. The number of aromatic nitrogens is 3. The lowest BCUT2D eigenvalue weighted by Crippen LogP contribution is -1.95. The highest BCUT2D eigenvalue weighted by Crippen LogP contribution is 2.29. The Balaban J connectivity index is 1.54. The predicted molar refractivity (Wildman–Crippen MR) is 107 cm³/mol. The molecule has 0 fully saturated rings. The smallest absolute Gasteiger partial charge is 0.134 e. The molecule has 2 aromatic heterocycles. The number of hydrogen-bond acceptors (Lipinski definition) is 3. The van der Waals surface area contributed by atoms with E-state index in [9.17, 15) is 0 Å². The van der Waals surface area contributed by atoms with Gasteiger partial charge in [-0.15, -0.1) is 0 Å². The fourth-order valence-corrected chi connectivity index (χ4v) is 3.30. The molecule has 0 amide bonds. The molecule has 0 aliphatic carbocycles. The van der Waals surface area contributed by atoms with Gasteiger partial charge in [-0.2, -0.15) is 0 Å². The van der Waals surface area contributed by atoms with Crippen molar-refractivity contribution in [2.24, 2.45) is 0 Å². The van der Waals surface area contributed by atoms with E-state index in [-0.39, 0.29) is 0 Å². The maximum Gasteiger partial charge on any atom is 0.134 e. The third-order valence-corrected chi connectivity index (χ3v) is 4.56. The predicted octanol–water partition coefficient (Wildman–Crippen LogP) is 5.52. The molecular weight excluding hydrogens is 320 g/mol. The Bertz CT molecular complexity index is 1220. The highest BCUT2D eigenvalue weighted by atomic mass is 15.0. The average Bonchev–Trinajstić information content (AvgIpc) is 3.16. The van der Waals surface area contributed by atoms with Crippen molar-refractivity contribution >= 4 is 33.2 Å². The minimum Gasteiger partial charge on any atom is -0.361 e. The number of anilines is 2. The van der Waals surface area contributed by atoms with E-state index in [1.165, 1.54) is 16.2 Å². The van der Waals surface area contributed by atoms with Gasteiger partial charge < -0.3 is 10.3 Å². The first-order chi connectivity index (χ1) is 12.9. The summed E-state index contributed by atoms with van der Waals surface area (Å²) >= 11 is 0. The largest absolute Gasteiger partial charge is 0.361 e. The summed E-state index contributed by atoms with van der Waals surface area (Å²) in [4.78, 5) is 12.1. The van der Waals surface area contributed by atoms with Gasteiger partial charge in [0.25, 0.3) is 0 Å². The van der Waals surface area contributed by atoms with E-state index in [2.05, 4.69) is 80.9 Å². The summed E-state index contributed by atoms with van der Waals surface area (Å²) in [6, 6.07) is 24.9. The molecule has 0 saturated carbocycles. The van der Waals surface area contributed by atoms with Crippen molar-refractivity contribution in [3.63, 3.8) is 0 Å². The molecule has 0 aliphatic rings. The van der Waals surface area contributed by atoms with Crippen molar-refractivity contribution in [2.75, 3.05) is 5.32 Å². The van der Waals surface area contributed by atoms with Crippen LogP contribution in [0.25, 0.3) is 32.9 Å². The number of fused-ring (bicyclic) bond motifs is 2. The van der Waals surface area contributed by atoms with Gasteiger partial charge in [0, 0.05) is 34.4 Å². The summed E-state index contributed by atoms with van der Waals surface area (Å²) in [5.74, 6) is 0.776. The Morgan fingerprint density at radius 2 is 1.69 bits per heavy atom. The third kappa shape index (κ3) is 2.58. The molecular formula is C22H16N4.